The number of piperidine rings is 2. The fraction of sp³-hybridized carbons (Fsp3) is 0.667. The monoisotopic (exact) mass is 344 g/mol. The molecule has 0 aliphatic carbocycles. The van der Waals surface area contributed by atoms with Gasteiger partial charge in [-0.25, -0.2) is 0 Å². The SMILES string of the molecule is CC1CCCNC1.CN1CCCCC1(C)C.c1ccc2[nH]ncc2c1. The number of rotatable bonds is 0. The van der Waals surface area contributed by atoms with E-state index in [1.165, 1.54) is 51.7 Å². The van der Waals surface area contributed by atoms with Crippen molar-refractivity contribution >= 4 is 10.9 Å². The molecule has 0 radical (unpaired) electrons. The van der Waals surface area contributed by atoms with Gasteiger partial charge in [-0.05, 0) is 78.2 Å². The van der Waals surface area contributed by atoms with E-state index in [4.69, 9.17) is 0 Å². The first-order valence-corrected chi connectivity index (χ1v) is 9.79. The standard InChI is InChI=1S/C8H17N.C7H6N2.C6H13N/c1-8(2)6-4-5-7-9(8)3;1-2-4-7-6(3-1)5-8-9-7;1-6-3-2-4-7-5-6/h4-7H2,1-3H3;1-5H,(H,8,9);6-7H,2-5H2,1H3. The number of H-pyrrole nitrogens is 1. The van der Waals surface area contributed by atoms with Crippen LogP contribution in [0.1, 0.15) is 52.9 Å². The molecule has 1 aromatic carbocycles. The van der Waals surface area contributed by atoms with Crippen LogP contribution in [0.25, 0.3) is 10.9 Å². The Morgan fingerprint density at radius 2 is 1.96 bits per heavy atom. The number of nitrogens with one attached hydrogen (secondary N) is 2. The highest BCUT2D eigenvalue weighted by molar-refractivity contribution is 5.77. The molecule has 25 heavy (non-hydrogen) atoms. The number of aromatic amines is 1. The number of nitrogens with zero attached hydrogens (tertiary/aromatic N) is 2. The summed E-state index contributed by atoms with van der Waals surface area (Å²) >= 11 is 0. The summed E-state index contributed by atoms with van der Waals surface area (Å²) in [5.74, 6) is 0.925. The lowest BCUT2D eigenvalue weighted by molar-refractivity contribution is 0.108. The second kappa shape index (κ2) is 9.93. The lowest BCUT2D eigenvalue weighted by Crippen LogP contribution is -2.44. The van der Waals surface area contributed by atoms with Crippen LogP contribution in [-0.2, 0) is 0 Å². The van der Waals surface area contributed by atoms with Crippen molar-refractivity contribution in [3.8, 4) is 0 Å². The summed E-state index contributed by atoms with van der Waals surface area (Å²) < 4.78 is 0. The fourth-order valence-corrected chi connectivity index (χ4v) is 3.31. The summed E-state index contributed by atoms with van der Waals surface area (Å²) in [6.45, 7) is 10.7. The van der Waals surface area contributed by atoms with Crippen LogP contribution < -0.4 is 5.32 Å². The number of fused-ring (bicyclic) bond motifs is 1. The zero-order valence-electron chi connectivity index (χ0n) is 16.5. The van der Waals surface area contributed by atoms with E-state index < -0.39 is 0 Å². The molecule has 1 aromatic heterocycles. The van der Waals surface area contributed by atoms with Crippen LogP contribution in [0.2, 0.25) is 0 Å². The van der Waals surface area contributed by atoms with Gasteiger partial charge in [0.25, 0.3) is 0 Å². The molecule has 140 valence electrons. The third kappa shape index (κ3) is 6.79. The average molecular weight is 345 g/mol. The van der Waals surface area contributed by atoms with Gasteiger partial charge in [0.15, 0.2) is 0 Å². The van der Waals surface area contributed by atoms with Gasteiger partial charge in [-0.3, -0.25) is 5.10 Å². The number of hydrogen-bond donors (Lipinski definition) is 2. The Morgan fingerprint density at radius 3 is 2.48 bits per heavy atom. The molecule has 1 atom stereocenters. The summed E-state index contributed by atoms with van der Waals surface area (Å²) in [6.07, 6.45) is 8.78. The van der Waals surface area contributed by atoms with Gasteiger partial charge >= 0.3 is 0 Å². The molecule has 0 spiro atoms. The van der Waals surface area contributed by atoms with E-state index in [1.54, 1.807) is 0 Å². The Morgan fingerprint density at radius 1 is 1.16 bits per heavy atom. The van der Waals surface area contributed by atoms with Gasteiger partial charge in [0.2, 0.25) is 0 Å². The van der Waals surface area contributed by atoms with E-state index in [0.29, 0.717) is 5.54 Å². The lowest BCUT2D eigenvalue weighted by atomic mass is 9.91. The molecule has 4 rings (SSSR count). The highest BCUT2D eigenvalue weighted by atomic mass is 15.2. The summed E-state index contributed by atoms with van der Waals surface area (Å²) in [7, 11) is 2.22. The van der Waals surface area contributed by atoms with Gasteiger partial charge in [-0.1, -0.05) is 31.5 Å². The van der Waals surface area contributed by atoms with E-state index >= 15 is 0 Å². The molecule has 2 fully saturated rings. The van der Waals surface area contributed by atoms with E-state index in [0.717, 1.165) is 16.8 Å². The van der Waals surface area contributed by atoms with Crippen LogP contribution in [0.5, 0.6) is 0 Å². The molecule has 0 saturated carbocycles. The number of likely N-dealkylation sites (tertiary alicyclic amines) is 1. The second-order valence-electron chi connectivity index (χ2n) is 8.10. The molecule has 2 N–H and O–H groups in total. The van der Waals surface area contributed by atoms with Crippen molar-refractivity contribution in [3.63, 3.8) is 0 Å². The summed E-state index contributed by atoms with van der Waals surface area (Å²) in [5, 5.41) is 11.2. The Hall–Kier alpha value is -1.39. The maximum atomic E-state index is 3.88. The smallest absolute Gasteiger partial charge is 0.0650 e. The van der Waals surface area contributed by atoms with Gasteiger partial charge in [0.05, 0.1) is 11.7 Å². The minimum Gasteiger partial charge on any atom is -0.316 e. The minimum atomic E-state index is 0.470. The molecule has 0 amide bonds. The Labute approximate surface area is 153 Å². The van der Waals surface area contributed by atoms with Crippen molar-refractivity contribution in [2.45, 2.75) is 58.4 Å². The van der Waals surface area contributed by atoms with Crippen molar-refractivity contribution in [2.24, 2.45) is 5.92 Å². The molecule has 3 heterocycles. The molecule has 0 bridgehead atoms. The first kappa shape index (κ1) is 19.9. The van der Waals surface area contributed by atoms with Gasteiger partial charge in [-0.2, -0.15) is 5.10 Å². The Bertz CT molecular complexity index is 568. The van der Waals surface area contributed by atoms with Gasteiger partial charge in [0, 0.05) is 10.9 Å². The van der Waals surface area contributed by atoms with E-state index in [2.05, 4.69) is 48.2 Å². The van der Waals surface area contributed by atoms with Gasteiger partial charge in [0.1, 0.15) is 0 Å². The molecule has 1 unspecified atom stereocenters. The largest absolute Gasteiger partial charge is 0.316 e. The molecular weight excluding hydrogens is 308 g/mol. The van der Waals surface area contributed by atoms with Gasteiger partial charge in [-0.15, -0.1) is 0 Å². The number of hydrogen-bond acceptors (Lipinski definition) is 3. The number of aromatic nitrogens is 2. The van der Waals surface area contributed by atoms with Crippen LogP contribution in [0.4, 0.5) is 0 Å². The Kier molecular flexibility index (Phi) is 7.91. The first-order valence-electron chi connectivity index (χ1n) is 9.79. The molecular formula is C21H36N4. The quantitative estimate of drug-likeness (QED) is 0.742. The zero-order chi connectivity index (χ0) is 18.1. The van der Waals surface area contributed by atoms with Crippen molar-refractivity contribution in [2.75, 3.05) is 26.7 Å². The van der Waals surface area contributed by atoms with E-state index in [9.17, 15) is 0 Å². The molecule has 2 saturated heterocycles. The maximum Gasteiger partial charge on any atom is 0.0650 e. The summed E-state index contributed by atoms with van der Waals surface area (Å²) in [5.41, 5.74) is 1.57. The van der Waals surface area contributed by atoms with Crippen molar-refractivity contribution < 1.29 is 0 Å². The molecule has 2 aliphatic heterocycles. The number of benzene rings is 1. The topological polar surface area (TPSA) is 44.0 Å². The number of para-hydroxylation sites is 1. The van der Waals surface area contributed by atoms with Crippen molar-refractivity contribution in [1.29, 1.82) is 0 Å². The lowest BCUT2D eigenvalue weighted by Gasteiger charge is -2.39. The van der Waals surface area contributed by atoms with Crippen LogP contribution in [0, 0.1) is 5.92 Å². The maximum absolute atomic E-state index is 3.88. The Balaban J connectivity index is 0.000000137. The average Bonchev–Trinajstić information content (AvgIpc) is 3.08. The fourth-order valence-electron chi connectivity index (χ4n) is 3.31. The predicted octanol–water partition coefficient (Wildman–Crippen LogP) is 4.45. The molecule has 2 aromatic rings. The summed E-state index contributed by atoms with van der Waals surface area (Å²) in [6, 6.07) is 8.01. The van der Waals surface area contributed by atoms with Crippen LogP contribution in [0.3, 0.4) is 0 Å². The van der Waals surface area contributed by atoms with E-state index in [1.807, 2.05) is 30.5 Å². The minimum absolute atomic E-state index is 0.470. The summed E-state index contributed by atoms with van der Waals surface area (Å²) in [4.78, 5) is 2.45. The van der Waals surface area contributed by atoms with E-state index in [-0.39, 0.29) is 0 Å². The van der Waals surface area contributed by atoms with Crippen LogP contribution >= 0.6 is 0 Å². The zero-order valence-corrected chi connectivity index (χ0v) is 16.5. The molecule has 4 nitrogen and oxygen atoms in total. The van der Waals surface area contributed by atoms with Crippen molar-refractivity contribution in [1.82, 2.24) is 20.4 Å². The van der Waals surface area contributed by atoms with Crippen molar-refractivity contribution in [3.05, 3.63) is 30.5 Å². The van der Waals surface area contributed by atoms with Gasteiger partial charge < -0.3 is 10.2 Å². The normalized spacial score (nSPS) is 23.1. The predicted molar refractivity (Wildman–Crippen MR) is 108 cm³/mol. The highest BCUT2D eigenvalue weighted by Crippen LogP contribution is 2.24. The highest BCUT2D eigenvalue weighted by Gasteiger charge is 2.25. The molecule has 4 heteroatoms. The second-order valence-corrected chi connectivity index (χ2v) is 8.10. The van der Waals surface area contributed by atoms with Crippen LogP contribution in [-0.4, -0.2) is 47.3 Å². The first-order chi connectivity index (χ1) is 12.0. The third-order valence-corrected chi connectivity index (χ3v) is 5.46. The van der Waals surface area contributed by atoms with Crippen LogP contribution in [0.15, 0.2) is 30.5 Å². The molecule has 2 aliphatic rings. The third-order valence-electron chi connectivity index (χ3n) is 5.46.